The van der Waals surface area contributed by atoms with E-state index in [-0.39, 0.29) is 0 Å². The number of pyridine rings is 1. The van der Waals surface area contributed by atoms with Crippen molar-refractivity contribution in [1.82, 2.24) is 15.0 Å². The first-order valence-corrected chi connectivity index (χ1v) is 12.7. The molecule has 5 rings (SSSR count). The average molecular weight is 474 g/mol. The maximum absolute atomic E-state index is 6.18. The second-order valence-electron chi connectivity index (χ2n) is 8.14. The van der Waals surface area contributed by atoms with E-state index < -0.39 is 0 Å². The summed E-state index contributed by atoms with van der Waals surface area (Å²) in [5.41, 5.74) is 6.42. The summed E-state index contributed by atoms with van der Waals surface area (Å²) in [5, 5.41) is 3.43. The number of nitrogens with zero attached hydrogens (tertiary/aromatic N) is 3. The molecule has 1 aromatic carbocycles. The standard InChI is InChI=1S/C23H21Cl2N3S2/c1-12(2)8-18-14-4-3-5-15(14)19-20-21(30-22(19)28-18)23(27-11-26-20)29-10-13-6-7-16(24)17(25)9-13/h6-7,9,11-12H,3-5,8,10H2,1-2H3. The fourth-order valence-corrected chi connectivity index (χ4v) is 6.71. The molecule has 30 heavy (non-hydrogen) atoms. The number of hydrogen-bond acceptors (Lipinski definition) is 5. The largest absolute Gasteiger partial charge is 0.242 e. The van der Waals surface area contributed by atoms with Crippen LogP contribution in [0.5, 0.6) is 0 Å². The molecule has 154 valence electrons. The zero-order valence-electron chi connectivity index (χ0n) is 16.8. The number of fused-ring (bicyclic) bond motifs is 5. The van der Waals surface area contributed by atoms with Gasteiger partial charge in [-0.3, -0.25) is 0 Å². The van der Waals surface area contributed by atoms with Crippen LogP contribution < -0.4 is 0 Å². The van der Waals surface area contributed by atoms with Crippen molar-refractivity contribution in [1.29, 1.82) is 0 Å². The van der Waals surface area contributed by atoms with Gasteiger partial charge in [-0.05, 0) is 60.4 Å². The lowest BCUT2D eigenvalue weighted by Gasteiger charge is -2.11. The lowest BCUT2D eigenvalue weighted by Crippen LogP contribution is -2.03. The Morgan fingerprint density at radius 2 is 1.93 bits per heavy atom. The number of hydrogen-bond donors (Lipinski definition) is 0. The maximum Gasteiger partial charge on any atom is 0.126 e. The van der Waals surface area contributed by atoms with E-state index in [4.69, 9.17) is 28.2 Å². The third-order valence-electron chi connectivity index (χ3n) is 5.49. The molecule has 4 aromatic rings. The highest BCUT2D eigenvalue weighted by atomic mass is 35.5. The van der Waals surface area contributed by atoms with Crippen LogP contribution in [0.3, 0.4) is 0 Å². The van der Waals surface area contributed by atoms with Crippen molar-refractivity contribution in [2.45, 2.75) is 50.3 Å². The second-order valence-corrected chi connectivity index (χ2v) is 10.9. The van der Waals surface area contributed by atoms with Crippen LogP contribution in [0.15, 0.2) is 29.6 Å². The summed E-state index contributed by atoms with van der Waals surface area (Å²) in [5.74, 6) is 1.38. The highest BCUT2D eigenvalue weighted by molar-refractivity contribution is 7.98. The summed E-state index contributed by atoms with van der Waals surface area (Å²) in [6.45, 7) is 4.53. The van der Waals surface area contributed by atoms with Crippen LogP contribution in [-0.2, 0) is 25.0 Å². The van der Waals surface area contributed by atoms with Gasteiger partial charge < -0.3 is 0 Å². The monoisotopic (exact) mass is 473 g/mol. The predicted molar refractivity (Wildman–Crippen MR) is 129 cm³/mol. The lowest BCUT2D eigenvalue weighted by molar-refractivity contribution is 0.632. The van der Waals surface area contributed by atoms with Crippen molar-refractivity contribution in [2.75, 3.05) is 0 Å². The minimum atomic E-state index is 0.580. The number of aromatic nitrogens is 3. The van der Waals surface area contributed by atoms with E-state index in [0.29, 0.717) is 16.0 Å². The van der Waals surface area contributed by atoms with Crippen LogP contribution in [0.1, 0.15) is 42.7 Å². The topological polar surface area (TPSA) is 38.7 Å². The first-order chi connectivity index (χ1) is 14.5. The van der Waals surface area contributed by atoms with Crippen molar-refractivity contribution in [3.8, 4) is 0 Å². The SMILES string of the molecule is CC(C)Cc1nc2sc3c(SCc4ccc(Cl)c(Cl)c4)ncnc3c2c2c1CCC2. The predicted octanol–water partition coefficient (Wildman–Crippen LogP) is 7.53. The van der Waals surface area contributed by atoms with Gasteiger partial charge >= 0.3 is 0 Å². The van der Waals surface area contributed by atoms with E-state index in [9.17, 15) is 0 Å². The van der Waals surface area contributed by atoms with E-state index in [1.807, 2.05) is 18.2 Å². The Kier molecular flexibility index (Phi) is 5.65. The molecule has 0 saturated carbocycles. The molecule has 0 atom stereocenters. The van der Waals surface area contributed by atoms with Crippen LogP contribution in [0.25, 0.3) is 20.4 Å². The summed E-state index contributed by atoms with van der Waals surface area (Å²) >= 11 is 15.7. The number of thioether (sulfide) groups is 1. The van der Waals surface area contributed by atoms with Crippen LogP contribution in [-0.4, -0.2) is 15.0 Å². The van der Waals surface area contributed by atoms with Gasteiger partial charge in [-0.15, -0.1) is 23.1 Å². The molecule has 0 N–H and O–H groups in total. The zero-order valence-corrected chi connectivity index (χ0v) is 20.0. The number of aryl methyl sites for hydroxylation is 1. The molecule has 1 aliphatic carbocycles. The molecule has 7 heteroatoms. The van der Waals surface area contributed by atoms with Crippen LogP contribution in [0.2, 0.25) is 10.0 Å². The van der Waals surface area contributed by atoms with Crippen molar-refractivity contribution in [2.24, 2.45) is 5.92 Å². The van der Waals surface area contributed by atoms with Crippen molar-refractivity contribution < 1.29 is 0 Å². The van der Waals surface area contributed by atoms with Gasteiger partial charge in [-0.25, -0.2) is 15.0 Å². The summed E-state index contributed by atoms with van der Waals surface area (Å²) in [6.07, 6.45) is 6.21. The molecule has 0 unspecified atom stereocenters. The molecule has 3 heterocycles. The molecule has 0 aliphatic heterocycles. The normalized spacial score (nSPS) is 13.6. The van der Waals surface area contributed by atoms with Crippen LogP contribution in [0.4, 0.5) is 0 Å². The number of rotatable bonds is 5. The van der Waals surface area contributed by atoms with Gasteiger partial charge in [-0.2, -0.15) is 0 Å². The Morgan fingerprint density at radius 3 is 2.73 bits per heavy atom. The van der Waals surface area contributed by atoms with Gasteiger partial charge in [0.25, 0.3) is 0 Å². The van der Waals surface area contributed by atoms with Gasteiger partial charge in [0.15, 0.2) is 0 Å². The van der Waals surface area contributed by atoms with Crippen LogP contribution >= 0.6 is 46.3 Å². The summed E-state index contributed by atoms with van der Waals surface area (Å²) in [7, 11) is 0. The van der Waals surface area contributed by atoms with Crippen molar-refractivity contribution in [3.63, 3.8) is 0 Å². The van der Waals surface area contributed by atoms with E-state index >= 15 is 0 Å². The summed E-state index contributed by atoms with van der Waals surface area (Å²) in [6, 6.07) is 5.78. The molecule has 3 aromatic heterocycles. The molecule has 0 amide bonds. The smallest absolute Gasteiger partial charge is 0.126 e. The second kappa shape index (κ2) is 8.27. The summed E-state index contributed by atoms with van der Waals surface area (Å²) in [4.78, 5) is 15.5. The quantitative estimate of drug-likeness (QED) is 0.221. The fourth-order valence-electron chi connectivity index (χ4n) is 4.19. The van der Waals surface area contributed by atoms with E-state index in [0.717, 1.165) is 50.7 Å². The molecule has 0 radical (unpaired) electrons. The fraction of sp³-hybridized carbons (Fsp3) is 0.348. The molecule has 3 nitrogen and oxygen atoms in total. The van der Waals surface area contributed by atoms with Gasteiger partial charge in [-0.1, -0.05) is 43.1 Å². The molecular weight excluding hydrogens is 453 g/mol. The molecule has 1 aliphatic rings. The molecule has 0 bridgehead atoms. The van der Waals surface area contributed by atoms with Gasteiger partial charge in [0.05, 0.1) is 20.3 Å². The molecule has 0 spiro atoms. The Bertz CT molecular complexity index is 1270. The Hall–Kier alpha value is -1.40. The van der Waals surface area contributed by atoms with E-state index in [1.54, 1.807) is 29.4 Å². The first kappa shape index (κ1) is 20.5. The minimum Gasteiger partial charge on any atom is -0.242 e. The lowest BCUT2D eigenvalue weighted by atomic mass is 9.99. The van der Waals surface area contributed by atoms with Gasteiger partial charge in [0.1, 0.15) is 16.2 Å². The first-order valence-electron chi connectivity index (χ1n) is 10.2. The average Bonchev–Trinajstić information content (AvgIpc) is 3.33. The number of benzene rings is 1. The van der Waals surface area contributed by atoms with Gasteiger partial charge in [0.2, 0.25) is 0 Å². The van der Waals surface area contributed by atoms with E-state index in [2.05, 4.69) is 23.8 Å². The molecule has 0 saturated heterocycles. The third-order valence-corrected chi connectivity index (χ3v) is 8.49. The van der Waals surface area contributed by atoms with E-state index in [1.165, 1.54) is 28.6 Å². The maximum atomic E-state index is 6.18. The Labute approximate surface area is 194 Å². The third kappa shape index (κ3) is 3.70. The van der Waals surface area contributed by atoms with Gasteiger partial charge in [0, 0.05) is 16.8 Å². The number of thiophene rings is 1. The van der Waals surface area contributed by atoms with Crippen molar-refractivity contribution >= 4 is 66.7 Å². The molecular formula is C23H21Cl2N3S2. The van der Waals surface area contributed by atoms with Crippen molar-refractivity contribution in [3.05, 3.63) is 57.0 Å². The highest BCUT2D eigenvalue weighted by Crippen LogP contribution is 2.42. The number of halogens is 2. The zero-order chi connectivity index (χ0) is 20.8. The van der Waals surface area contributed by atoms with Crippen LogP contribution in [0, 0.1) is 5.92 Å². The minimum absolute atomic E-state index is 0.580. The summed E-state index contributed by atoms with van der Waals surface area (Å²) < 4.78 is 1.14. The Morgan fingerprint density at radius 1 is 1.10 bits per heavy atom. The Balaban J connectivity index is 1.57. The highest BCUT2D eigenvalue weighted by Gasteiger charge is 2.24. The molecule has 0 fully saturated rings.